The Morgan fingerprint density at radius 1 is 1.14 bits per heavy atom. The van der Waals surface area contributed by atoms with Gasteiger partial charge in [-0.25, -0.2) is 9.59 Å². The average Bonchev–Trinajstić information content (AvgIpc) is 2.96. The Bertz CT molecular complexity index is 722. The number of carbonyl (C=O) groups excluding carboxylic acids is 2. The highest BCUT2D eigenvalue weighted by Crippen LogP contribution is 2.29. The molecular weight excluding hydrogens is 358 g/mol. The van der Waals surface area contributed by atoms with Crippen molar-refractivity contribution in [3.63, 3.8) is 0 Å². The monoisotopic (exact) mass is 387 g/mol. The molecule has 7 heteroatoms. The molecule has 1 aromatic carbocycles. The second-order valence-electron chi connectivity index (χ2n) is 7.11. The molecule has 2 N–H and O–H groups in total. The van der Waals surface area contributed by atoms with E-state index in [9.17, 15) is 9.59 Å². The number of benzene rings is 1. The molecule has 3 rings (SSSR count). The van der Waals surface area contributed by atoms with Gasteiger partial charge in [-0.05, 0) is 50.6 Å². The molecule has 1 fully saturated rings. The molecule has 0 radical (unpaired) electrons. The Kier molecular flexibility index (Phi) is 6.92. The summed E-state index contributed by atoms with van der Waals surface area (Å²) in [5.74, 6) is 0.316. The topological polar surface area (TPSA) is 79.9 Å². The van der Waals surface area contributed by atoms with E-state index in [4.69, 9.17) is 9.47 Å². The number of esters is 1. The molecule has 2 heterocycles. The normalized spacial score (nSPS) is 20.8. The van der Waals surface area contributed by atoms with E-state index < -0.39 is 12.0 Å². The van der Waals surface area contributed by atoms with E-state index in [0.717, 1.165) is 37.2 Å². The first-order chi connectivity index (χ1) is 13.6. The zero-order valence-corrected chi connectivity index (χ0v) is 16.6. The molecule has 2 aliphatic heterocycles. The lowest BCUT2D eigenvalue weighted by atomic mass is 9.95. The molecule has 1 atom stereocenters. The predicted molar refractivity (Wildman–Crippen MR) is 106 cm³/mol. The van der Waals surface area contributed by atoms with Gasteiger partial charge in [0.15, 0.2) is 0 Å². The number of carbonyl (C=O) groups is 2. The third-order valence-electron chi connectivity index (χ3n) is 5.16. The van der Waals surface area contributed by atoms with Crippen LogP contribution in [0.4, 0.5) is 4.79 Å². The number of nitrogens with one attached hydrogen (secondary N) is 2. The van der Waals surface area contributed by atoms with Crippen LogP contribution in [0.3, 0.4) is 0 Å². The van der Waals surface area contributed by atoms with Crippen molar-refractivity contribution in [2.24, 2.45) is 0 Å². The molecule has 0 saturated carbocycles. The minimum absolute atomic E-state index is 0.309. The number of nitrogens with zero attached hydrogens (tertiary/aromatic N) is 1. The predicted octanol–water partition coefficient (Wildman–Crippen LogP) is 2.74. The summed E-state index contributed by atoms with van der Waals surface area (Å²) < 4.78 is 10.5. The van der Waals surface area contributed by atoms with Gasteiger partial charge in [-0.1, -0.05) is 25.0 Å². The lowest BCUT2D eigenvalue weighted by molar-refractivity contribution is -0.136. The summed E-state index contributed by atoms with van der Waals surface area (Å²) in [6.07, 6.45) is 4.72. The van der Waals surface area contributed by atoms with E-state index in [1.165, 1.54) is 20.0 Å². The lowest BCUT2D eigenvalue weighted by Crippen LogP contribution is -2.48. The van der Waals surface area contributed by atoms with Gasteiger partial charge in [-0.2, -0.15) is 0 Å². The van der Waals surface area contributed by atoms with Crippen molar-refractivity contribution >= 4 is 12.0 Å². The van der Waals surface area contributed by atoms with Crippen LogP contribution in [-0.4, -0.2) is 50.3 Å². The van der Waals surface area contributed by atoms with Gasteiger partial charge in [0.2, 0.25) is 0 Å². The fourth-order valence-electron chi connectivity index (χ4n) is 3.78. The minimum Gasteiger partial charge on any atom is -0.494 e. The van der Waals surface area contributed by atoms with E-state index >= 15 is 0 Å². The fourth-order valence-corrected chi connectivity index (χ4v) is 3.78. The molecule has 2 amide bonds. The summed E-state index contributed by atoms with van der Waals surface area (Å²) in [4.78, 5) is 27.3. The first-order valence-electron chi connectivity index (χ1n) is 9.96. The van der Waals surface area contributed by atoms with Gasteiger partial charge in [0.1, 0.15) is 5.75 Å². The maximum absolute atomic E-state index is 12.6. The lowest BCUT2D eigenvalue weighted by Gasteiger charge is -2.31. The van der Waals surface area contributed by atoms with Gasteiger partial charge >= 0.3 is 12.0 Å². The van der Waals surface area contributed by atoms with Crippen LogP contribution in [0.2, 0.25) is 0 Å². The Balaban J connectivity index is 1.92. The summed E-state index contributed by atoms with van der Waals surface area (Å²) in [7, 11) is 1.37. The van der Waals surface area contributed by atoms with Gasteiger partial charge in [0, 0.05) is 12.2 Å². The number of urea groups is 1. The van der Waals surface area contributed by atoms with Gasteiger partial charge in [0.05, 0.1) is 25.3 Å². The molecule has 28 heavy (non-hydrogen) atoms. The first-order valence-corrected chi connectivity index (χ1v) is 9.96. The van der Waals surface area contributed by atoms with Crippen molar-refractivity contribution in [2.75, 3.05) is 33.4 Å². The summed E-state index contributed by atoms with van der Waals surface area (Å²) in [6.45, 7) is 4.97. The number of hydrogen-bond donors (Lipinski definition) is 2. The van der Waals surface area contributed by atoms with Crippen LogP contribution in [0.15, 0.2) is 35.5 Å². The Labute approximate surface area is 166 Å². The molecule has 0 aromatic heterocycles. The molecule has 7 nitrogen and oxygen atoms in total. The summed E-state index contributed by atoms with van der Waals surface area (Å²) in [5.41, 5.74) is 1.89. The maximum Gasteiger partial charge on any atom is 0.338 e. The maximum atomic E-state index is 12.6. The van der Waals surface area contributed by atoms with Crippen LogP contribution in [0.1, 0.15) is 44.2 Å². The average molecular weight is 387 g/mol. The van der Waals surface area contributed by atoms with Gasteiger partial charge in [-0.15, -0.1) is 0 Å². The van der Waals surface area contributed by atoms with Crippen LogP contribution in [-0.2, 0) is 9.53 Å². The Hall–Kier alpha value is -2.54. The molecule has 1 aromatic rings. The third-order valence-corrected chi connectivity index (χ3v) is 5.16. The van der Waals surface area contributed by atoms with E-state index in [-0.39, 0.29) is 6.03 Å². The fraction of sp³-hybridized carbons (Fsp3) is 0.524. The molecule has 0 unspecified atom stereocenters. The number of amides is 2. The van der Waals surface area contributed by atoms with Crippen molar-refractivity contribution in [3.8, 4) is 5.75 Å². The Morgan fingerprint density at radius 3 is 2.43 bits per heavy atom. The highest BCUT2D eigenvalue weighted by atomic mass is 16.5. The van der Waals surface area contributed by atoms with Gasteiger partial charge in [0.25, 0.3) is 0 Å². The summed E-state index contributed by atoms with van der Waals surface area (Å²) >= 11 is 0. The third kappa shape index (κ3) is 4.84. The standard InChI is InChI=1S/C21H29N3O4/c1-3-28-16-10-8-15(9-11-16)19-18(20(25)27-2)17(22-21(26)23-19)14-24-12-6-4-5-7-13-24/h8-11,19H,3-7,12-14H2,1-2H3,(H2,22,23,26)/t19-/m0/s1. The van der Waals surface area contributed by atoms with E-state index in [2.05, 4.69) is 15.5 Å². The quantitative estimate of drug-likeness (QED) is 0.734. The highest BCUT2D eigenvalue weighted by Gasteiger charge is 2.34. The second-order valence-corrected chi connectivity index (χ2v) is 7.11. The number of hydrogen-bond acceptors (Lipinski definition) is 5. The van der Waals surface area contributed by atoms with Crippen molar-refractivity contribution < 1.29 is 19.1 Å². The highest BCUT2D eigenvalue weighted by molar-refractivity contribution is 5.95. The van der Waals surface area contributed by atoms with Crippen molar-refractivity contribution in [1.82, 2.24) is 15.5 Å². The molecule has 1 saturated heterocycles. The minimum atomic E-state index is -0.557. The smallest absolute Gasteiger partial charge is 0.338 e. The van der Waals surface area contributed by atoms with Crippen molar-refractivity contribution in [2.45, 2.75) is 38.6 Å². The van der Waals surface area contributed by atoms with Crippen LogP contribution in [0.5, 0.6) is 5.75 Å². The zero-order valence-electron chi connectivity index (χ0n) is 16.6. The van der Waals surface area contributed by atoms with E-state index in [1.54, 1.807) is 0 Å². The second kappa shape index (κ2) is 9.59. The summed E-state index contributed by atoms with van der Waals surface area (Å²) in [6, 6.07) is 6.56. The van der Waals surface area contributed by atoms with Crippen molar-refractivity contribution in [1.29, 1.82) is 0 Å². The van der Waals surface area contributed by atoms with Crippen LogP contribution in [0.25, 0.3) is 0 Å². The van der Waals surface area contributed by atoms with Crippen LogP contribution >= 0.6 is 0 Å². The largest absolute Gasteiger partial charge is 0.494 e. The van der Waals surface area contributed by atoms with Gasteiger partial charge in [-0.3, -0.25) is 4.90 Å². The molecule has 0 spiro atoms. The molecule has 0 aliphatic carbocycles. The SMILES string of the molecule is CCOc1ccc([C@@H]2NC(=O)NC(CN3CCCCCC3)=C2C(=O)OC)cc1. The van der Waals surface area contributed by atoms with Crippen molar-refractivity contribution in [3.05, 3.63) is 41.1 Å². The zero-order chi connectivity index (χ0) is 19.9. The first kappa shape index (κ1) is 20.2. The number of methoxy groups -OCH3 is 1. The van der Waals surface area contributed by atoms with Crippen LogP contribution in [0, 0.1) is 0 Å². The number of ether oxygens (including phenoxy) is 2. The number of likely N-dealkylation sites (tertiary alicyclic amines) is 1. The van der Waals surface area contributed by atoms with Crippen LogP contribution < -0.4 is 15.4 Å². The van der Waals surface area contributed by atoms with E-state index in [0.29, 0.717) is 24.4 Å². The summed E-state index contributed by atoms with van der Waals surface area (Å²) in [5, 5.41) is 5.70. The van der Waals surface area contributed by atoms with Gasteiger partial charge < -0.3 is 20.1 Å². The number of rotatable bonds is 6. The molecule has 2 aliphatic rings. The molecule has 0 bridgehead atoms. The molecule has 152 valence electrons. The van der Waals surface area contributed by atoms with E-state index in [1.807, 2.05) is 31.2 Å². The molecular formula is C21H29N3O4. The Morgan fingerprint density at radius 2 is 1.82 bits per heavy atom.